The van der Waals surface area contributed by atoms with E-state index in [9.17, 15) is 4.79 Å². The molecular weight excluding hydrogens is 248 g/mol. The van der Waals surface area contributed by atoms with Gasteiger partial charge in [-0.05, 0) is 31.0 Å². The number of amides is 1. The molecule has 1 amide bonds. The van der Waals surface area contributed by atoms with Crippen molar-refractivity contribution in [1.82, 2.24) is 9.80 Å². The Balaban J connectivity index is 1.88. The number of hydrogen-bond donors (Lipinski definition) is 0. The van der Waals surface area contributed by atoms with Crippen LogP contribution in [0.5, 0.6) is 0 Å². The summed E-state index contributed by atoms with van der Waals surface area (Å²) in [4.78, 5) is 16.5. The van der Waals surface area contributed by atoms with Gasteiger partial charge in [0.05, 0.1) is 0 Å². The lowest BCUT2D eigenvalue weighted by Gasteiger charge is -2.35. The largest absolute Gasteiger partial charge is 0.339 e. The number of benzene rings is 1. The van der Waals surface area contributed by atoms with Crippen LogP contribution in [0.15, 0.2) is 36.4 Å². The van der Waals surface area contributed by atoms with E-state index >= 15 is 0 Å². The van der Waals surface area contributed by atoms with Crippen molar-refractivity contribution < 1.29 is 4.79 Å². The fraction of sp³-hybridized carbons (Fsp3) is 0.471. The van der Waals surface area contributed by atoms with Crippen molar-refractivity contribution in [3.63, 3.8) is 0 Å². The molecule has 0 atom stereocenters. The minimum atomic E-state index is 0.101. The van der Waals surface area contributed by atoms with E-state index in [0.717, 1.165) is 38.0 Å². The lowest BCUT2D eigenvalue weighted by atomic mass is 10.0. The third-order valence-electron chi connectivity index (χ3n) is 4.12. The van der Waals surface area contributed by atoms with Gasteiger partial charge in [-0.25, -0.2) is 0 Å². The number of rotatable bonds is 4. The fourth-order valence-corrected chi connectivity index (χ4v) is 2.65. The topological polar surface area (TPSA) is 23.6 Å². The molecule has 0 bridgehead atoms. The quantitative estimate of drug-likeness (QED) is 0.787. The van der Waals surface area contributed by atoms with Crippen LogP contribution >= 0.6 is 0 Å². The molecule has 1 fully saturated rings. The van der Waals surface area contributed by atoms with E-state index in [4.69, 9.17) is 0 Å². The second kappa shape index (κ2) is 7.25. The molecule has 0 aromatic heterocycles. The highest BCUT2D eigenvalue weighted by molar-refractivity contribution is 5.91. The second-order valence-corrected chi connectivity index (χ2v) is 5.36. The molecule has 20 heavy (non-hydrogen) atoms. The summed E-state index contributed by atoms with van der Waals surface area (Å²) in [5.41, 5.74) is 1.06. The van der Waals surface area contributed by atoms with Gasteiger partial charge in [0.15, 0.2) is 0 Å². The van der Waals surface area contributed by atoms with Gasteiger partial charge in [-0.15, -0.1) is 0 Å². The van der Waals surface area contributed by atoms with Gasteiger partial charge in [0.25, 0.3) is 0 Å². The van der Waals surface area contributed by atoms with Crippen molar-refractivity contribution in [2.45, 2.75) is 25.8 Å². The van der Waals surface area contributed by atoms with Crippen LogP contribution in [0.4, 0.5) is 0 Å². The van der Waals surface area contributed by atoms with Crippen LogP contribution in [0, 0.1) is 0 Å². The second-order valence-electron chi connectivity index (χ2n) is 5.36. The maximum absolute atomic E-state index is 12.2. The van der Waals surface area contributed by atoms with Gasteiger partial charge in [-0.1, -0.05) is 37.3 Å². The number of carbonyl (C=O) groups is 1. The van der Waals surface area contributed by atoms with E-state index in [1.807, 2.05) is 48.4 Å². The van der Waals surface area contributed by atoms with Crippen molar-refractivity contribution in [2.24, 2.45) is 0 Å². The molecule has 3 heteroatoms. The maximum Gasteiger partial charge on any atom is 0.246 e. The average molecular weight is 272 g/mol. The summed E-state index contributed by atoms with van der Waals surface area (Å²) in [6.07, 6.45) is 5.73. The van der Waals surface area contributed by atoms with Crippen LogP contribution in [0.3, 0.4) is 0 Å². The zero-order valence-corrected chi connectivity index (χ0v) is 12.5. The summed E-state index contributed by atoms with van der Waals surface area (Å²) in [6, 6.07) is 10.3. The van der Waals surface area contributed by atoms with Crippen LogP contribution in [0.25, 0.3) is 6.08 Å². The lowest BCUT2D eigenvalue weighted by molar-refractivity contribution is -0.127. The number of likely N-dealkylation sites (tertiary alicyclic amines) is 1. The molecular formula is C17H24N2O. The Kier molecular flexibility index (Phi) is 5.36. The van der Waals surface area contributed by atoms with E-state index in [1.54, 1.807) is 6.08 Å². The third-order valence-corrected chi connectivity index (χ3v) is 4.12. The zero-order chi connectivity index (χ0) is 14.4. The summed E-state index contributed by atoms with van der Waals surface area (Å²) < 4.78 is 0. The van der Waals surface area contributed by atoms with E-state index < -0.39 is 0 Å². The van der Waals surface area contributed by atoms with Gasteiger partial charge in [-0.2, -0.15) is 0 Å². The van der Waals surface area contributed by atoms with Crippen LogP contribution in [-0.4, -0.2) is 48.4 Å². The molecule has 3 nitrogen and oxygen atoms in total. The van der Waals surface area contributed by atoms with Crippen molar-refractivity contribution in [1.29, 1.82) is 0 Å². The molecule has 1 saturated heterocycles. The first-order valence-corrected chi connectivity index (χ1v) is 7.43. The smallest absolute Gasteiger partial charge is 0.246 e. The fourth-order valence-electron chi connectivity index (χ4n) is 2.65. The Morgan fingerprint density at radius 2 is 1.95 bits per heavy atom. The molecule has 1 aliphatic heterocycles. The van der Waals surface area contributed by atoms with Gasteiger partial charge < -0.3 is 9.80 Å². The van der Waals surface area contributed by atoms with Crippen LogP contribution in [0.1, 0.15) is 25.3 Å². The predicted molar refractivity (Wildman–Crippen MR) is 83.4 cm³/mol. The predicted octanol–water partition coefficient (Wildman–Crippen LogP) is 2.64. The number of carbonyl (C=O) groups excluding carboxylic acids is 1. The first-order valence-electron chi connectivity index (χ1n) is 7.43. The van der Waals surface area contributed by atoms with Crippen LogP contribution < -0.4 is 0 Å². The Morgan fingerprint density at radius 1 is 1.30 bits per heavy atom. The Bertz CT molecular complexity index is 447. The first-order chi connectivity index (χ1) is 9.70. The number of hydrogen-bond acceptors (Lipinski definition) is 2. The standard InChI is InChI=1S/C17H24N2O/c1-3-19-13-11-16(12-14-19)18(2)17(20)10-9-15-7-5-4-6-8-15/h4-10,16H,3,11-14H2,1-2H3/b10-9+. The highest BCUT2D eigenvalue weighted by Crippen LogP contribution is 2.15. The Hall–Kier alpha value is -1.61. The van der Waals surface area contributed by atoms with Gasteiger partial charge in [-0.3, -0.25) is 4.79 Å². The molecule has 2 rings (SSSR count). The van der Waals surface area contributed by atoms with Gasteiger partial charge in [0.2, 0.25) is 5.91 Å². The summed E-state index contributed by atoms with van der Waals surface area (Å²) in [6.45, 7) is 5.50. The molecule has 1 aromatic rings. The first kappa shape index (κ1) is 14.8. The van der Waals surface area contributed by atoms with Gasteiger partial charge >= 0.3 is 0 Å². The number of likely N-dealkylation sites (N-methyl/N-ethyl adjacent to an activating group) is 1. The summed E-state index contributed by atoms with van der Waals surface area (Å²) in [5.74, 6) is 0.101. The molecule has 0 aliphatic carbocycles. The lowest BCUT2D eigenvalue weighted by Crippen LogP contribution is -2.45. The Morgan fingerprint density at radius 3 is 2.55 bits per heavy atom. The normalized spacial score (nSPS) is 17.5. The molecule has 1 aromatic carbocycles. The highest BCUT2D eigenvalue weighted by atomic mass is 16.2. The van der Waals surface area contributed by atoms with E-state index in [1.165, 1.54) is 0 Å². The van der Waals surface area contributed by atoms with Crippen molar-refractivity contribution >= 4 is 12.0 Å². The van der Waals surface area contributed by atoms with E-state index in [2.05, 4.69) is 11.8 Å². The molecule has 0 N–H and O–H groups in total. The van der Waals surface area contributed by atoms with Crippen molar-refractivity contribution in [2.75, 3.05) is 26.7 Å². The summed E-state index contributed by atoms with van der Waals surface area (Å²) in [5, 5.41) is 0. The number of nitrogens with zero attached hydrogens (tertiary/aromatic N) is 2. The molecule has 0 saturated carbocycles. The van der Waals surface area contributed by atoms with Crippen molar-refractivity contribution in [3.8, 4) is 0 Å². The van der Waals surface area contributed by atoms with E-state index in [-0.39, 0.29) is 5.91 Å². The minimum absolute atomic E-state index is 0.101. The highest BCUT2D eigenvalue weighted by Gasteiger charge is 2.23. The SMILES string of the molecule is CCN1CCC(N(C)C(=O)/C=C/c2ccccc2)CC1. The maximum atomic E-state index is 12.2. The molecule has 1 aliphatic rings. The third kappa shape index (κ3) is 3.94. The summed E-state index contributed by atoms with van der Waals surface area (Å²) in [7, 11) is 1.92. The zero-order valence-electron chi connectivity index (χ0n) is 12.5. The molecule has 108 valence electrons. The summed E-state index contributed by atoms with van der Waals surface area (Å²) >= 11 is 0. The Labute approximate surface area is 121 Å². The molecule has 0 radical (unpaired) electrons. The average Bonchev–Trinajstić information content (AvgIpc) is 2.53. The van der Waals surface area contributed by atoms with Crippen LogP contribution in [0.2, 0.25) is 0 Å². The molecule has 0 unspecified atom stereocenters. The molecule has 0 spiro atoms. The minimum Gasteiger partial charge on any atom is -0.339 e. The van der Waals surface area contributed by atoms with E-state index in [0.29, 0.717) is 6.04 Å². The number of piperidine rings is 1. The monoisotopic (exact) mass is 272 g/mol. The van der Waals surface area contributed by atoms with Crippen molar-refractivity contribution in [3.05, 3.63) is 42.0 Å². The molecule has 1 heterocycles. The van der Waals surface area contributed by atoms with Gasteiger partial charge in [0.1, 0.15) is 0 Å². The van der Waals surface area contributed by atoms with Gasteiger partial charge in [0, 0.05) is 32.3 Å². The van der Waals surface area contributed by atoms with Crippen LogP contribution in [-0.2, 0) is 4.79 Å².